The third kappa shape index (κ3) is 5.76. The summed E-state index contributed by atoms with van der Waals surface area (Å²) < 4.78 is 14.1. The van der Waals surface area contributed by atoms with Crippen LogP contribution in [0.25, 0.3) is 0 Å². The Morgan fingerprint density at radius 2 is 2.00 bits per heavy atom. The molecule has 2 heterocycles. The maximum absolute atomic E-state index is 13.3. The van der Waals surface area contributed by atoms with Crippen molar-refractivity contribution in [3.05, 3.63) is 57.0 Å². The molecule has 0 unspecified atom stereocenters. The highest BCUT2D eigenvalue weighted by molar-refractivity contribution is 7.16. The fourth-order valence-electron chi connectivity index (χ4n) is 3.03. The molecule has 1 fully saturated rings. The molecule has 0 saturated carbocycles. The molecule has 27 heavy (non-hydrogen) atoms. The van der Waals surface area contributed by atoms with Crippen LogP contribution in [0.4, 0.5) is 4.39 Å². The molecule has 2 amide bonds. The van der Waals surface area contributed by atoms with Gasteiger partial charge in [-0.25, -0.2) is 4.39 Å². The zero-order chi connectivity index (χ0) is 19.2. The van der Waals surface area contributed by atoms with E-state index in [1.165, 1.54) is 29.5 Å². The van der Waals surface area contributed by atoms with Crippen LogP contribution in [0.15, 0.2) is 36.4 Å². The normalized spacial score (nSPS) is 15.4. The van der Waals surface area contributed by atoms with Crippen LogP contribution in [-0.2, 0) is 11.3 Å². The maximum Gasteiger partial charge on any atom is 0.254 e. The molecule has 0 aliphatic carbocycles. The molecule has 1 aliphatic rings. The summed E-state index contributed by atoms with van der Waals surface area (Å²) in [6.45, 7) is 3.23. The second-order valence-electron chi connectivity index (χ2n) is 6.41. The van der Waals surface area contributed by atoms with Crippen molar-refractivity contribution >= 4 is 34.8 Å². The van der Waals surface area contributed by atoms with Gasteiger partial charge < -0.3 is 10.2 Å². The van der Waals surface area contributed by atoms with Crippen LogP contribution in [-0.4, -0.2) is 54.3 Å². The number of benzene rings is 1. The number of hydrogen-bond donors (Lipinski definition) is 1. The van der Waals surface area contributed by atoms with Gasteiger partial charge in [-0.15, -0.1) is 11.3 Å². The lowest BCUT2D eigenvalue weighted by Crippen LogP contribution is -2.39. The van der Waals surface area contributed by atoms with Gasteiger partial charge in [0.2, 0.25) is 5.91 Å². The average Bonchev–Trinajstić information content (AvgIpc) is 2.93. The van der Waals surface area contributed by atoms with Crippen molar-refractivity contribution in [2.24, 2.45) is 0 Å². The van der Waals surface area contributed by atoms with E-state index >= 15 is 0 Å². The molecule has 1 aliphatic heterocycles. The minimum Gasteiger partial charge on any atom is -0.350 e. The van der Waals surface area contributed by atoms with E-state index in [2.05, 4.69) is 5.32 Å². The van der Waals surface area contributed by atoms with E-state index in [9.17, 15) is 14.0 Å². The number of nitrogens with one attached hydrogen (secondary N) is 1. The Labute approximate surface area is 166 Å². The lowest BCUT2D eigenvalue weighted by molar-refractivity contribution is -0.122. The number of amides is 2. The summed E-state index contributed by atoms with van der Waals surface area (Å²) in [5.74, 6) is -0.638. The van der Waals surface area contributed by atoms with E-state index < -0.39 is 5.82 Å². The molecular formula is C19H21ClFN3O2S. The molecule has 144 valence electrons. The van der Waals surface area contributed by atoms with Gasteiger partial charge in [-0.3, -0.25) is 14.5 Å². The van der Waals surface area contributed by atoms with Gasteiger partial charge in [0, 0.05) is 36.6 Å². The summed E-state index contributed by atoms with van der Waals surface area (Å²) in [5.41, 5.74) is 0.357. The lowest BCUT2D eigenvalue weighted by Gasteiger charge is -2.21. The number of nitrogens with zero attached hydrogens (tertiary/aromatic N) is 2. The second-order valence-corrected chi connectivity index (χ2v) is 8.21. The molecule has 0 atom stereocenters. The number of rotatable bonds is 5. The van der Waals surface area contributed by atoms with Gasteiger partial charge in [0.25, 0.3) is 5.91 Å². The first-order valence-corrected chi connectivity index (χ1v) is 9.99. The SMILES string of the molecule is O=C(CN1CCCN(C(=O)c2cccc(F)c2)CC1)NCc1ccc(Cl)s1. The summed E-state index contributed by atoms with van der Waals surface area (Å²) in [7, 11) is 0. The Morgan fingerprint density at radius 1 is 1.15 bits per heavy atom. The topological polar surface area (TPSA) is 52.7 Å². The van der Waals surface area contributed by atoms with Crippen LogP contribution < -0.4 is 5.32 Å². The van der Waals surface area contributed by atoms with Crippen LogP contribution in [0, 0.1) is 5.82 Å². The Kier molecular flexibility index (Phi) is 6.82. The number of carbonyl (C=O) groups is 2. The Balaban J connectivity index is 1.47. The van der Waals surface area contributed by atoms with Gasteiger partial charge in [-0.1, -0.05) is 17.7 Å². The number of thiophene rings is 1. The minimum absolute atomic E-state index is 0.0515. The summed E-state index contributed by atoms with van der Waals surface area (Å²) in [4.78, 5) is 29.5. The van der Waals surface area contributed by atoms with Crippen molar-refractivity contribution in [1.82, 2.24) is 15.1 Å². The monoisotopic (exact) mass is 409 g/mol. The quantitative estimate of drug-likeness (QED) is 0.825. The molecule has 1 aromatic carbocycles. The maximum atomic E-state index is 13.3. The fraction of sp³-hybridized carbons (Fsp3) is 0.368. The fourth-order valence-corrected chi connectivity index (χ4v) is 4.05. The van der Waals surface area contributed by atoms with Gasteiger partial charge in [-0.05, 0) is 36.8 Å². The number of carbonyl (C=O) groups excluding carboxylic acids is 2. The highest BCUT2D eigenvalue weighted by atomic mass is 35.5. The third-order valence-electron chi connectivity index (χ3n) is 4.40. The van der Waals surface area contributed by atoms with Gasteiger partial charge in [0.05, 0.1) is 17.4 Å². The third-order valence-corrected chi connectivity index (χ3v) is 5.63. The van der Waals surface area contributed by atoms with Gasteiger partial charge >= 0.3 is 0 Å². The van der Waals surface area contributed by atoms with Crippen LogP contribution in [0.1, 0.15) is 21.7 Å². The lowest BCUT2D eigenvalue weighted by atomic mass is 10.2. The Hall–Kier alpha value is -1.96. The Bertz CT molecular complexity index is 814. The van der Waals surface area contributed by atoms with Crippen molar-refractivity contribution in [3.63, 3.8) is 0 Å². The van der Waals surface area contributed by atoms with Gasteiger partial charge in [-0.2, -0.15) is 0 Å². The first-order chi connectivity index (χ1) is 13.0. The molecule has 1 saturated heterocycles. The van der Waals surface area contributed by atoms with Crippen molar-refractivity contribution in [2.75, 3.05) is 32.7 Å². The molecule has 1 N–H and O–H groups in total. The van der Waals surface area contributed by atoms with Gasteiger partial charge in [0.15, 0.2) is 0 Å². The largest absolute Gasteiger partial charge is 0.350 e. The van der Waals surface area contributed by atoms with Crippen LogP contribution >= 0.6 is 22.9 Å². The first kappa shape index (κ1) is 19.8. The highest BCUT2D eigenvalue weighted by Crippen LogP contribution is 2.21. The van der Waals surface area contributed by atoms with Crippen molar-refractivity contribution in [2.45, 2.75) is 13.0 Å². The molecule has 0 bridgehead atoms. The predicted octanol–water partition coefficient (Wildman–Crippen LogP) is 3.00. The molecule has 2 aromatic rings. The smallest absolute Gasteiger partial charge is 0.254 e. The minimum atomic E-state index is -0.416. The van der Waals surface area contributed by atoms with E-state index in [0.29, 0.717) is 42.6 Å². The predicted molar refractivity (Wildman–Crippen MR) is 105 cm³/mol. The molecule has 8 heteroatoms. The van der Waals surface area contributed by atoms with Crippen molar-refractivity contribution < 1.29 is 14.0 Å². The van der Waals surface area contributed by atoms with Crippen molar-refractivity contribution in [3.8, 4) is 0 Å². The number of halogens is 2. The van der Waals surface area contributed by atoms with Crippen LogP contribution in [0.5, 0.6) is 0 Å². The van der Waals surface area contributed by atoms with E-state index in [1.807, 2.05) is 17.0 Å². The van der Waals surface area contributed by atoms with E-state index in [1.54, 1.807) is 11.0 Å². The van der Waals surface area contributed by atoms with Crippen molar-refractivity contribution in [1.29, 1.82) is 0 Å². The average molecular weight is 410 g/mol. The zero-order valence-corrected chi connectivity index (χ0v) is 16.4. The molecule has 0 spiro atoms. The summed E-state index contributed by atoms with van der Waals surface area (Å²) in [6, 6.07) is 9.46. The van der Waals surface area contributed by atoms with Gasteiger partial charge in [0.1, 0.15) is 5.82 Å². The molecule has 5 nitrogen and oxygen atoms in total. The molecule has 1 aromatic heterocycles. The Morgan fingerprint density at radius 3 is 2.74 bits per heavy atom. The summed E-state index contributed by atoms with van der Waals surface area (Å²) >= 11 is 7.33. The second kappa shape index (κ2) is 9.30. The molecule has 0 radical (unpaired) electrons. The summed E-state index contributed by atoms with van der Waals surface area (Å²) in [6.07, 6.45) is 0.773. The standard InChI is InChI=1S/C19H21ClFN3O2S/c20-17-6-5-16(27-17)12-22-18(25)13-23-7-2-8-24(10-9-23)19(26)14-3-1-4-15(21)11-14/h1,3-6,11H,2,7-10,12-13H2,(H,22,25). The molecular weight excluding hydrogens is 389 g/mol. The zero-order valence-electron chi connectivity index (χ0n) is 14.8. The van der Waals surface area contributed by atoms with E-state index in [-0.39, 0.29) is 11.8 Å². The first-order valence-electron chi connectivity index (χ1n) is 8.79. The summed E-state index contributed by atoms with van der Waals surface area (Å²) in [5, 5.41) is 2.90. The molecule has 3 rings (SSSR count). The van der Waals surface area contributed by atoms with E-state index in [0.717, 1.165) is 17.8 Å². The number of hydrogen-bond acceptors (Lipinski definition) is 4. The van der Waals surface area contributed by atoms with Crippen LogP contribution in [0.2, 0.25) is 4.34 Å². The highest BCUT2D eigenvalue weighted by Gasteiger charge is 2.21. The van der Waals surface area contributed by atoms with Crippen LogP contribution in [0.3, 0.4) is 0 Å². The van der Waals surface area contributed by atoms with E-state index in [4.69, 9.17) is 11.6 Å².